The lowest BCUT2D eigenvalue weighted by atomic mass is 10.1. The zero-order chi connectivity index (χ0) is 26.2. The fourth-order valence-electron chi connectivity index (χ4n) is 4.77. The van der Waals surface area contributed by atoms with Gasteiger partial charge in [-0.2, -0.15) is 0 Å². The van der Waals surface area contributed by atoms with E-state index in [1.807, 2.05) is 42.3 Å². The molecule has 8 nitrogen and oxygen atoms in total. The van der Waals surface area contributed by atoms with Crippen molar-refractivity contribution in [1.82, 2.24) is 9.21 Å². The molecule has 0 N–H and O–H groups in total. The first-order chi connectivity index (χ1) is 17.8. The molecule has 0 radical (unpaired) electrons. The SMILES string of the molecule is COc1cccc(CN2C(=O)N(Cc3ccccc3)c3cc(Cl)cc(N4CCN(C)CC4)c3S2(=O)=O)c1. The van der Waals surface area contributed by atoms with Gasteiger partial charge in [0.1, 0.15) is 10.6 Å². The summed E-state index contributed by atoms with van der Waals surface area (Å²) in [6.45, 7) is 2.99. The molecule has 0 aromatic heterocycles. The molecule has 0 aliphatic carbocycles. The Hall–Kier alpha value is -3.27. The molecule has 0 atom stereocenters. The largest absolute Gasteiger partial charge is 0.497 e. The number of hydrogen-bond acceptors (Lipinski definition) is 6. The van der Waals surface area contributed by atoms with Gasteiger partial charge in [-0.1, -0.05) is 54.1 Å². The first kappa shape index (κ1) is 25.4. The summed E-state index contributed by atoms with van der Waals surface area (Å²) in [7, 11) is -0.611. The Labute approximate surface area is 222 Å². The van der Waals surface area contributed by atoms with Crippen LogP contribution in [-0.2, 0) is 23.1 Å². The van der Waals surface area contributed by atoms with E-state index in [2.05, 4.69) is 4.90 Å². The molecule has 0 spiro atoms. The number of anilines is 2. The number of benzene rings is 3. The van der Waals surface area contributed by atoms with Gasteiger partial charge >= 0.3 is 6.03 Å². The number of sulfonamides is 1. The third kappa shape index (κ3) is 4.99. The topological polar surface area (TPSA) is 73.4 Å². The Morgan fingerprint density at radius 1 is 0.865 bits per heavy atom. The van der Waals surface area contributed by atoms with Crippen LogP contribution >= 0.6 is 11.6 Å². The first-order valence-electron chi connectivity index (χ1n) is 12.1. The summed E-state index contributed by atoms with van der Waals surface area (Å²) < 4.78 is 34.6. The molecule has 0 bridgehead atoms. The molecule has 2 heterocycles. The number of urea groups is 1. The van der Waals surface area contributed by atoms with Crippen molar-refractivity contribution in [2.45, 2.75) is 18.0 Å². The summed E-state index contributed by atoms with van der Waals surface area (Å²) in [6.07, 6.45) is 0. The number of halogens is 1. The molecule has 0 unspecified atom stereocenters. The number of carbonyl (C=O) groups excluding carboxylic acids is 1. The van der Waals surface area contributed by atoms with Crippen molar-refractivity contribution >= 4 is 39.0 Å². The van der Waals surface area contributed by atoms with Gasteiger partial charge in [-0.3, -0.25) is 4.90 Å². The molecule has 5 rings (SSSR count). The molecule has 194 valence electrons. The van der Waals surface area contributed by atoms with Crippen molar-refractivity contribution in [2.24, 2.45) is 0 Å². The van der Waals surface area contributed by atoms with Gasteiger partial charge in [0.25, 0.3) is 10.0 Å². The molecular formula is C27H29ClN4O4S. The van der Waals surface area contributed by atoms with Gasteiger partial charge in [0.2, 0.25) is 0 Å². The van der Waals surface area contributed by atoms with E-state index in [0.29, 0.717) is 40.8 Å². The molecule has 2 amide bonds. The number of hydrogen-bond donors (Lipinski definition) is 0. The van der Waals surface area contributed by atoms with Gasteiger partial charge in [-0.25, -0.2) is 17.5 Å². The van der Waals surface area contributed by atoms with Crippen LogP contribution in [0, 0.1) is 0 Å². The molecule has 37 heavy (non-hydrogen) atoms. The predicted molar refractivity (Wildman–Crippen MR) is 145 cm³/mol. The van der Waals surface area contributed by atoms with Gasteiger partial charge in [-0.05, 0) is 42.4 Å². The average Bonchev–Trinajstić information content (AvgIpc) is 2.89. The Morgan fingerprint density at radius 3 is 2.24 bits per heavy atom. The summed E-state index contributed by atoms with van der Waals surface area (Å²) in [5, 5.41) is 0.384. The highest BCUT2D eigenvalue weighted by Gasteiger charge is 2.44. The summed E-state index contributed by atoms with van der Waals surface area (Å²) in [5.74, 6) is 0.589. The van der Waals surface area contributed by atoms with Crippen molar-refractivity contribution in [2.75, 3.05) is 50.1 Å². The summed E-state index contributed by atoms with van der Waals surface area (Å²) in [6, 6.07) is 19.2. The Kier molecular flexibility index (Phi) is 7.02. The number of rotatable bonds is 6. The third-order valence-electron chi connectivity index (χ3n) is 6.79. The van der Waals surface area contributed by atoms with Crippen LogP contribution in [0.4, 0.5) is 16.2 Å². The number of amides is 2. The zero-order valence-electron chi connectivity index (χ0n) is 20.8. The van der Waals surface area contributed by atoms with Crippen molar-refractivity contribution in [1.29, 1.82) is 0 Å². The third-order valence-corrected chi connectivity index (χ3v) is 8.80. The van der Waals surface area contributed by atoms with Gasteiger partial charge < -0.3 is 14.5 Å². The van der Waals surface area contributed by atoms with Crippen molar-refractivity contribution in [3.05, 3.63) is 82.9 Å². The maximum absolute atomic E-state index is 14.2. The van der Waals surface area contributed by atoms with Crippen LogP contribution in [0.15, 0.2) is 71.6 Å². The number of fused-ring (bicyclic) bond motifs is 1. The lowest BCUT2D eigenvalue weighted by Gasteiger charge is -2.40. The molecule has 2 aliphatic rings. The van der Waals surface area contributed by atoms with E-state index in [4.69, 9.17) is 16.3 Å². The standard InChI is InChI=1S/C27H29ClN4O4S/c1-29-11-13-30(14-12-29)24-16-22(28)17-25-26(24)37(34,35)32(19-21-9-6-10-23(15-21)36-2)27(33)31(25)18-20-7-4-3-5-8-20/h3-10,15-17H,11-14,18-19H2,1-2H3. The van der Waals surface area contributed by atoms with E-state index in [1.54, 1.807) is 43.5 Å². The van der Waals surface area contributed by atoms with Crippen molar-refractivity contribution in [3.63, 3.8) is 0 Å². The van der Waals surface area contributed by atoms with E-state index >= 15 is 0 Å². The maximum atomic E-state index is 14.2. The molecule has 0 saturated carbocycles. The second-order valence-corrected chi connectivity index (χ2v) is 11.5. The number of carbonyl (C=O) groups is 1. The highest BCUT2D eigenvalue weighted by atomic mass is 35.5. The molecule has 1 saturated heterocycles. The molecule has 3 aromatic rings. The van der Waals surface area contributed by atoms with Gasteiger partial charge in [-0.15, -0.1) is 0 Å². The van der Waals surface area contributed by atoms with Crippen molar-refractivity contribution in [3.8, 4) is 5.75 Å². The average molecular weight is 541 g/mol. The van der Waals surface area contributed by atoms with E-state index < -0.39 is 16.1 Å². The lowest BCUT2D eigenvalue weighted by molar-refractivity contribution is 0.226. The zero-order valence-corrected chi connectivity index (χ0v) is 22.4. The molecule has 10 heteroatoms. The van der Waals surface area contributed by atoms with Gasteiger partial charge in [0.15, 0.2) is 0 Å². The molecule has 2 aliphatic heterocycles. The maximum Gasteiger partial charge on any atom is 0.339 e. The van der Waals surface area contributed by atoms with Crippen LogP contribution in [0.3, 0.4) is 0 Å². The minimum Gasteiger partial charge on any atom is -0.497 e. The van der Waals surface area contributed by atoms with Crippen molar-refractivity contribution < 1.29 is 17.9 Å². The smallest absolute Gasteiger partial charge is 0.339 e. The second-order valence-electron chi connectivity index (χ2n) is 9.28. The number of likely N-dealkylation sites (N-methyl/N-ethyl adjacent to an activating group) is 1. The molecular weight excluding hydrogens is 512 g/mol. The number of ether oxygens (including phenoxy) is 1. The minimum atomic E-state index is -4.20. The van der Waals surface area contributed by atoms with Crippen LogP contribution in [0.25, 0.3) is 0 Å². The lowest BCUT2D eigenvalue weighted by Crippen LogP contribution is -2.51. The van der Waals surface area contributed by atoms with Gasteiger partial charge in [0, 0.05) is 31.2 Å². The van der Waals surface area contributed by atoms with E-state index in [1.165, 1.54) is 4.90 Å². The minimum absolute atomic E-state index is 0.111. The number of methoxy groups -OCH3 is 1. The highest BCUT2D eigenvalue weighted by molar-refractivity contribution is 7.90. The van der Waals surface area contributed by atoms with E-state index in [-0.39, 0.29) is 18.0 Å². The summed E-state index contributed by atoms with van der Waals surface area (Å²) in [5.41, 5.74) is 2.35. The first-order valence-corrected chi connectivity index (χ1v) is 13.9. The van der Waals surface area contributed by atoms with Gasteiger partial charge in [0.05, 0.1) is 31.6 Å². The Bertz CT molecular complexity index is 1410. The Morgan fingerprint density at radius 2 is 1.54 bits per heavy atom. The molecule has 1 fully saturated rings. The normalized spacial score (nSPS) is 17.6. The Balaban J connectivity index is 1.65. The highest BCUT2D eigenvalue weighted by Crippen LogP contribution is 2.44. The number of nitrogens with zero attached hydrogens (tertiary/aromatic N) is 4. The van der Waals surface area contributed by atoms with Crippen LogP contribution in [-0.4, -0.2) is 64.0 Å². The van der Waals surface area contributed by atoms with Crippen LogP contribution < -0.4 is 14.5 Å². The quantitative estimate of drug-likeness (QED) is 0.460. The monoisotopic (exact) mass is 540 g/mol. The van der Waals surface area contributed by atoms with E-state index in [9.17, 15) is 13.2 Å². The van der Waals surface area contributed by atoms with E-state index in [0.717, 1.165) is 23.0 Å². The summed E-state index contributed by atoms with van der Waals surface area (Å²) >= 11 is 6.54. The predicted octanol–water partition coefficient (Wildman–Crippen LogP) is 4.43. The number of piperazine rings is 1. The fraction of sp³-hybridized carbons (Fsp3) is 0.296. The fourth-order valence-corrected chi connectivity index (χ4v) is 6.71. The van der Waals surface area contributed by atoms with Crippen LogP contribution in [0.2, 0.25) is 5.02 Å². The second kappa shape index (κ2) is 10.2. The van der Waals surface area contributed by atoms with Crippen LogP contribution in [0.1, 0.15) is 11.1 Å². The molecule has 3 aromatic carbocycles. The van der Waals surface area contributed by atoms with Crippen LogP contribution in [0.5, 0.6) is 5.75 Å². The summed E-state index contributed by atoms with van der Waals surface area (Å²) in [4.78, 5) is 19.8.